The van der Waals surface area contributed by atoms with Crippen LogP contribution in [0.2, 0.25) is 0 Å². The minimum Gasteiger partial charge on any atom is -0.381 e. The second-order valence-corrected chi connectivity index (χ2v) is 6.87. The minimum atomic E-state index is -0.0356. The van der Waals surface area contributed by atoms with Gasteiger partial charge in [0, 0.05) is 38.5 Å². The summed E-state index contributed by atoms with van der Waals surface area (Å²) >= 11 is 0. The molecule has 0 saturated carbocycles. The summed E-state index contributed by atoms with van der Waals surface area (Å²) in [5.74, 6) is 0.782. The Bertz CT molecular complexity index is 639. The lowest BCUT2D eigenvalue weighted by molar-refractivity contribution is -0.128. The highest BCUT2D eigenvalue weighted by Gasteiger charge is 2.47. The zero-order valence-electron chi connectivity index (χ0n) is 13.3. The third-order valence-corrected chi connectivity index (χ3v) is 5.57. The van der Waals surface area contributed by atoms with E-state index in [1.165, 1.54) is 11.1 Å². The van der Waals surface area contributed by atoms with Crippen LogP contribution in [-0.4, -0.2) is 43.0 Å². The second-order valence-electron chi connectivity index (χ2n) is 6.87. The number of carbonyl (C=O) groups is 2. The van der Waals surface area contributed by atoms with E-state index < -0.39 is 0 Å². The van der Waals surface area contributed by atoms with E-state index in [-0.39, 0.29) is 29.7 Å². The first-order valence-electron chi connectivity index (χ1n) is 8.37. The standard InChI is InChI=1S/C18H22N2O3/c1-11(21)20-8-15-13-4-2-3-5-14(13)17(16(15)9-20)19-18(22)12-6-7-23-10-12/h2-5,12,15-17H,6-10H2,1H3,(H,19,22)/t12?,15-,16-,17+/m0/s1. The average Bonchev–Trinajstić information content (AvgIpc) is 3.24. The van der Waals surface area contributed by atoms with Crippen molar-refractivity contribution in [3.05, 3.63) is 35.4 Å². The Labute approximate surface area is 136 Å². The van der Waals surface area contributed by atoms with E-state index in [1.54, 1.807) is 6.92 Å². The van der Waals surface area contributed by atoms with Crippen molar-refractivity contribution in [1.29, 1.82) is 0 Å². The lowest BCUT2D eigenvalue weighted by Gasteiger charge is -2.23. The van der Waals surface area contributed by atoms with E-state index in [0.29, 0.717) is 19.1 Å². The van der Waals surface area contributed by atoms with E-state index in [2.05, 4.69) is 17.4 Å². The fraction of sp³-hybridized carbons (Fsp3) is 0.556. The van der Waals surface area contributed by atoms with Gasteiger partial charge in [-0.25, -0.2) is 0 Å². The van der Waals surface area contributed by atoms with Crippen LogP contribution in [0.5, 0.6) is 0 Å². The van der Waals surface area contributed by atoms with Crippen molar-refractivity contribution >= 4 is 11.8 Å². The van der Waals surface area contributed by atoms with Crippen LogP contribution in [0.4, 0.5) is 0 Å². The van der Waals surface area contributed by atoms with Crippen LogP contribution >= 0.6 is 0 Å². The normalized spacial score (nSPS) is 31.8. The predicted octanol–water partition coefficient (Wildman–Crippen LogP) is 1.46. The summed E-state index contributed by atoms with van der Waals surface area (Å²) in [5, 5.41) is 3.25. The monoisotopic (exact) mass is 314 g/mol. The number of nitrogens with zero attached hydrogens (tertiary/aromatic N) is 1. The Hall–Kier alpha value is -1.88. The van der Waals surface area contributed by atoms with E-state index in [1.807, 2.05) is 17.0 Å². The highest BCUT2D eigenvalue weighted by atomic mass is 16.5. The Morgan fingerprint density at radius 1 is 1.22 bits per heavy atom. The molecule has 5 nitrogen and oxygen atoms in total. The molecular weight excluding hydrogens is 292 g/mol. The SMILES string of the molecule is CC(=O)N1C[C@@H]2[C@H](NC(=O)C3CCOC3)c3ccccc3[C@@H]2C1. The minimum absolute atomic E-state index is 0.00801. The Morgan fingerprint density at radius 2 is 2.00 bits per heavy atom. The summed E-state index contributed by atoms with van der Waals surface area (Å²) in [7, 11) is 0. The first-order valence-corrected chi connectivity index (χ1v) is 8.37. The quantitative estimate of drug-likeness (QED) is 0.899. The molecule has 1 unspecified atom stereocenters. The average molecular weight is 314 g/mol. The maximum absolute atomic E-state index is 12.5. The first-order chi connectivity index (χ1) is 11.1. The molecule has 1 aliphatic carbocycles. The lowest BCUT2D eigenvalue weighted by atomic mass is 9.94. The lowest BCUT2D eigenvalue weighted by Crippen LogP contribution is -2.38. The molecule has 4 rings (SSSR count). The van der Waals surface area contributed by atoms with Crippen LogP contribution < -0.4 is 5.32 Å². The van der Waals surface area contributed by atoms with Gasteiger partial charge in [0.1, 0.15) is 0 Å². The van der Waals surface area contributed by atoms with Gasteiger partial charge in [-0.3, -0.25) is 9.59 Å². The molecule has 2 saturated heterocycles. The number of amides is 2. The molecule has 2 fully saturated rings. The van der Waals surface area contributed by atoms with Gasteiger partial charge >= 0.3 is 0 Å². The van der Waals surface area contributed by atoms with Crippen LogP contribution in [0, 0.1) is 11.8 Å². The van der Waals surface area contributed by atoms with Crippen LogP contribution in [0.15, 0.2) is 24.3 Å². The molecule has 23 heavy (non-hydrogen) atoms. The van der Waals surface area contributed by atoms with E-state index in [9.17, 15) is 9.59 Å². The van der Waals surface area contributed by atoms with Gasteiger partial charge in [0.2, 0.25) is 11.8 Å². The zero-order valence-corrected chi connectivity index (χ0v) is 13.3. The molecule has 4 atom stereocenters. The second kappa shape index (κ2) is 5.64. The van der Waals surface area contributed by atoms with Gasteiger partial charge in [0.15, 0.2) is 0 Å². The van der Waals surface area contributed by atoms with Gasteiger partial charge in [0.05, 0.1) is 18.6 Å². The molecule has 1 aromatic carbocycles. The number of nitrogens with one attached hydrogen (secondary N) is 1. The predicted molar refractivity (Wildman–Crippen MR) is 84.7 cm³/mol. The molecule has 2 amide bonds. The summed E-state index contributed by atoms with van der Waals surface area (Å²) in [5.41, 5.74) is 2.51. The summed E-state index contributed by atoms with van der Waals surface area (Å²) in [6.07, 6.45) is 0.799. The van der Waals surface area contributed by atoms with Gasteiger partial charge in [0.25, 0.3) is 0 Å². The van der Waals surface area contributed by atoms with Crippen LogP contribution in [0.1, 0.15) is 36.4 Å². The molecule has 2 heterocycles. The summed E-state index contributed by atoms with van der Waals surface area (Å²) in [6, 6.07) is 8.33. The summed E-state index contributed by atoms with van der Waals surface area (Å²) < 4.78 is 5.33. The molecule has 2 aliphatic heterocycles. The molecule has 0 radical (unpaired) electrons. The van der Waals surface area contributed by atoms with E-state index in [4.69, 9.17) is 4.74 Å². The topological polar surface area (TPSA) is 58.6 Å². The highest BCUT2D eigenvalue weighted by Crippen LogP contribution is 2.49. The van der Waals surface area contributed by atoms with Gasteiger partial charge in [-0.15, -0.1) is 0 Å². The Kier molecular flexibility index (Phi) is 3.60. The van der Waals surface area contributed by atoms with E-state index in [0.717, 1.165) is 19.5 Å². The largest absolute Gasteiger partial charge is 0.381 e. The third kappa shape index (κ3) is 2.43. The molecule has 1 N–H and O–H groups in total. The molecule has 1 aromatic rings. The highest BCUT2D eigenvalue weighted by molar-refractivity contribution is 5.80. The number of benzene rings is 1. The Balaban J connectivity index is 1.59. The molecule has 0 bridgehead atoms. The maximum Gasteiger partial charge on any atom is 0.226 e. The molecular formula is C18H22N2O3. The van der Waals surface area contributed by atoms with Crippen LogP contribution in [0.25, 0.3) is 0 Å². The number of rotatable bonds is 2. The van der Waals surface area contributed by atoms with Crippen LogP contribution in [0.3, 0.4) is 0 Å². The summed E-state index contributed by atoms with van der Waals surface area (Å²) in [6.45, 7) is 4.30. The van der Waals surface area contributed by atoms with Crippen molar-refractivity contribution in [2.75, 3.05) is 26.3 Å². The van der Waals surface area contributed by atoms with Gasteiger partial charge in [-0.2, -0.15) is 0 Å². The van der Waals surface area contributed by atoms with Crippen molar-refractivity contribution in [3.63, 3.8) is 0 Å². The first kappa shape index (κ1) is 14.7. The Morgan fingerprint density at radius 3 is 2.70 bits per heavy atom. The van der Waals surface area contributed by atoms with Crippen molar-refractivity contribution < 1.29 is 14.3 Å². The van der Waals surface area contributed by atoms with E-state index >= 15 is 0 Å². The smallest absolute Gasteiger partial charge is 0.226 e. The molecule has 5 heteroatoms. The number of ether oxygens (including phenoxy) is 1. The fourth-order valence-corrected chi connectivity index (χ4v) is 4.31. The molecule has 122 valence electrons. The molecule has 0 aromatic heterocycles. The zero-order chi connectivity index (χ0) is 16.0. The number of fused-ring (bicyclic) bond motifs is 3. The van der Waals surface area contributed by atoms with Crippen molar-refractivity contribution in [2.45, 2.75) is 25.3 Å². The molecule has 3 aliphatic rings. The van der Waals surface area contributed by atoms with Crippen molar-refractivity contribution in [2.24, 2.45) is 11.8 Å². The van der Waals surface area contributed by atoms with Crippen LogP contribution in [-0.2, 0) is 14.3 Å². The fourth-order valence-electron chi connectivity index (χ4n) is 4.31. The van der Waals surface area contributed by atoms with Crippen molar-refractivity contribution in [1.82, 2.24) is 10.2 Å². The molecule has 0 spiro atoms. The number of hydrogen-bond acceptors (Lipinski definition) is 3. The summed E-state index contributed by atoms with van der Waals surface area (Å²) in [4.78, 5) is 26.2. The number of likely N-dealkylation sites (tertiary alicyclic amines) is 1. The van der Waals surface area contributed by atoms with Gasteiger partial charge in [-0.1, -0.05) is 24.3 Å². The third-order valence-electron chi connectivity index (χ3n) is 5.57. The maximum atomic E-state index is 12.5. The number of carbonyl (C=O) groups excluding carboxylic acids is 2. The van der Waals surface area contributed by atoms with Gasteiger partial charge < -0.3 is 15.0 Å². The van der Waals surface area contributed by atoms with Gasteiger partial charge in [-0.05, 0) is 17.5 Å². The van der Waals surface area contributed by atoms with Crippen molar-refractivity contribution in [3.8, 4) is 0 Å². The number of hydrogen-bond donors (Lipinski definition) is 1.